The predicted molar refractivity (Wildman–Crippen MR) is 66.9 cm³/mol. The van der Waals surface area contributed by atoms with E-state index in [1.807, 2.05) is 0 Å². The lowest BCUT2D eigenvalue weighted by Crippen LogP contribution is -1.93. The van der Waals surface area contributed by atoms with Gasteiger partial charge in [-0.25, -0.2) is 4.79 Å². The van der Waals surface area contributed by atoms with Crippen LogP contribution in [-0.4, -0.2) is 25.3 Å². The average Bonchev–Trinajstić information content (AvgIpc) is 2.66. The fourth-order valence-corrected chi connectivity index (χ4v) is 2.98. The fourth-order valence-electron chi connectivity index (χ4n) is 1.61. The van der Waals surface area contributed by atoms with Crippen LogP contribution in [0.2, 0.25) is 5.02 Å². The summed E-state index contributed by atoms with van der Waals surface area (Å²) in [7, 11) is 3.01. The molecule has 0 amide bonds. The molecule has 0 radical (unpaired) electrons. The molecule has 1 N–H and O–H groups in total. The van der Waals surface area contributed by atoms with Crippen LogP contribution >= 0.6 is 22.9 Å². The lowest BCUT2D eigenvalue weighted by atomic mass is 10.2. The first-order valence-electron chi connectivity index (χ1n) is 4.66. The third-order valence-electron chi connectivity index (χ3n) is 2.33. The molecule has 1 aromatic heterocycles. The Morgan fingerprint density at radius 2 is 2.06 bits per heavy atom. The van der Waals surface area contributed by atoms with Crippen molar-refractivity contribution in [3.05, 3.63) is 22.0 Å². The summed E-state index contributed by atoms with van der Waals surface area (Å²) in [6.07, 6.45) is 0. The number of halogens is 1. The topological polar surface area (TPSA) is 55.8 Å². The molecule has 0 saturated carbocycles. The summed E-state index contributed by atoms with van der Waals surface area (Å²) in [6, 6.07) is 3.49. The normalized spacial score (nSPS) is 10.5. The zero-order valence-electron chi connectivity index (χ0n) is 9.11. The Labute approximate surface area is 106 Å². The smallest absolute Gasteiger partial charge is 0.347 e. The number of hydrogen-bond donors (Lipinski definition) is 1. The second kappa shape index (κ2) is 4.43. The molecule has 90 valence electrons. The van der Waals surface area contributed by atoms with Gasteiger partial charge in [-0.1, -0.05) is 11.6 Å². The molecule has 0 fully saturated rings. The van der Waals surface area contributed by atoms with Crippen molar-refractivity contribution in [2.45, 2.75) is 0 Å². The van der Waals surface area contributed by atoms with E-state index in [1.54, 1.807) is 12.1 Å². The van der Waals surface area contributed by atoms with Gasteiger partial charge in [0.1, 0.15) is 4.88 Å². The Kier molecular flexibility index (Phi) is 3.13. The third kappa shape index (κ3) is 1.81. The van der Waals surface area contributed by atoms with Gasteiger partial charge in [-0.15, -0.1) is 11.3 Å². The molecule has 0 aliphatic carbocycles. The van der Waals surface area contributed by atoms with Crippen molar-refractivity contribution in [1.82, 2.24) is 0 Å². The first-order valence-corrected chi connectivity index (χ1v) is 5.85. The number of carboxylic acids is 1. The number of aromatic carboxylic acids is 1. The molecule has 0 spiro atoms. The second-order valence-corrected chi connectivity index (χ2v) is 4.65. The Morgan fingerprint density at radius 3 is 2.59 bits per heavy atom. The van der Waals surface area contributed by atoms with E-state index >= 15 is 0 Å². The molecule has 2 rings (SSSR count). The quantitative estimate of drug-likeness (QED) is 0.932. The van der Waals surface area contributed by atoms with E-state index < -0.39 is 5.97 Å². The van der Waals surface area contributed by atoms with Gasteiger partial charge in [0, 0.05) is 4.70 Å². The van der Waals surface area contributed by atoms with Crippen molar-refractivity contribution >= 4 is 39.0 Å². The van der Waals surface area contributed by atoms with Gasteiger partial charge in [-0.3, -0.25) is 0 Å². The first kappa shape index (κ1) is 12.0. The number of methoxy groups -OCH3 is 2. The van der Waals surface area contributed by atoms with Crippen LogP contribution in [0.25, 0.3) is 10.1 Å². The Hall–Kier alpha value is -1.46. The molecule has 0 aliphatic rings. The van der Waals surface area contributed by atoms with Crippen molar-refractivity contribution in [2.24, 2.45) is 0 Å². The van der Waals surface area contributed by atoms with Crippen molar-refractivity contribution in [2.75, 3.05) is 14.2 Å². The minimum atomic E-state index is -1.04. The molecule has 0 saturated heterocycles. The van der Waals surface area contributed by atoms with E-state index in [0.29, 0.717) is 16.9 Å². The molecule has 1 aromatic carbocycles. The number of thiophene rings is 1. The van der Waals surface area contributed by atoms with Crippen LogP contribution in [0.3, 0.4) is 0 Å². The molecular weight excluding hydrogens is 264 g/mol. The van der Waals surface area contributed by atoms with Gasteiger partial charge < -0.3 is 14.6 Å². The summed E-state index contributed by atoms with van der Waals surface area (Å²) in [4.78, 5) is 11.1. The maximum absolute atomic E-state index is 11.0. The van der Waals surface area contributed by atoms with E-state index in [0.717, 1.165) is 16.0 Å². The van der Waals surface area contributed by atoms with Gasteiger partial charge in [0.2, 0.25) is 0 Å². The number of hydrogen-bond acceptors (Lipinski definition) is 4. The van der Waals surface area contributed by atoms with Gasteiger partial charge in [-0.2, -0.15) is 0 Å². The molecule has 0 unspecified atom stereocenters. The van der Waals surface area contributed by atoms with Crippen LogP contribution < -0.4 is 9.47 Å². The number of carboxylic acid groups (broad SMARTS) is 1. The summed E-state index contributed by atoms with van der Waals surface area (Å²) >= 11 is 7.17. The summed E-state index contributed by atoms with van der Waals surface area (Å²) in [5.74, 6) is -0.0624. The van der Waals surface area contributed by atoms with Gasteiger partial charge >= 0.3 is 5.97 Å². The van der Waals surface area contributed by atoms with Crippen LogP contribution in [0.4, 0.5) is 0 Å². The van der Waals surface area contributed by atoms with Crippen molar-refractivity contribution < 1.29 is 19.4 Å². The molecule has 6 heteroatoms. The van der Waals surface area contributed by atoms with E-state index in [4.69, 9.17) is 26.2 Å². The average molecular weight is 273 g/mol. The Balaban J connectivity index is 2.84. The highest BCUT2D eigenvalue weighted by Crippen LogP contribution is 2.45. The Morgan fingerprint density at radius 1 is 1.35 bits per heavy atom. The number of carbonyl (C=O) groups is 1. The maximum atomic E-state index is 11.0. The van der Waals surface area contributed by atoms with Crippen LogP contribution in [-0.2, 0) is 0 Å². The van der Waals surface area contributed by atoms with Crippen LogP contribution in [0.1, 0.15) is 9.67 Å². The molecule has 0 atom stereocenters. The molecule has 0 bridgehead atoms. The van der Waals surface area contributed by atoms with E-state index in [1.165, 1.54) is 14.2 Å². The molecule has 0 aliphatic heterocycles. The van der Waals surface area contributed by atoms with Crippen molar-refractivity contribution in [3.63, 3.8) is 0 Å². The molecule has 2 aromatic rings. The van der Waals surface area contributed by atoms with Crippen LogP contribution in [0, 0.1) is 0 Å². The Bertz CT molecular complexity index is 591. The summed E-state index contributed by atoms with van der Waals surface area (Å²) < 4.78 is 11.1. The zero-order valence-corrected chi connectivity index (χ0v) is 10.7. The van der Waals surface area contributed by atoms with Gasteiger partial charge in [-0.05, 0) is 12.1 Å². The minimum absolute atomic E-state index is 0.105. The number of rotatable bonds is 3. The first-order chi connectivity index (χ1) is 8.10. The summed E-state index contributed by atoms with van der Waals surface area (Å²) in [5, 5.41) is 9.78. The minimum Gasteiger partial charge on any atom is -0.493 e. The fraction of sp³-hybridized carbons (Fsp3) is 0.182. The SMILES string of the molecule is COc1ccc2sc(C(=O)O)c(Cl)c2c1OC. The molecule has 1 heterocycles. The monoisotopic (exact) mass is 272 g/mol. The number of ether oxygens (including phenoxy) is 2. The maximum Gasteiger partial charge on any atom is 0.347 e. The van der Waals surface area contributed by atoms with Crippen molar-refractivity contribution in [3.8, 4) is 11.5 Å². The van der Waals surface area contributed by atoms with Crippen molar-refractivity contribution in [1.29, 1.82) is 0 Å². The van der Waals surface area contributed by atoms with Crippen LogP contribution in [0.5, 0.6) is 11.5 Å². The van der Waals surface area contributed by atoms with E-state index in [-0.39, 0.29) is 9.90 Å². The highest BCUT2D eigenvalue weighted by atomic mass is 35.5. The highest BCUT2D eigenvalue weighted by molar-refractivity contribution is 7.21. The lowest BCUT2D eigenvalue weighted by Gasteiger charge is -2.08. The molecule has 17 heavy (non-hydrogen) atoms. The second-order valence-electron chi connectivity index (χ2n) is 3.22. The van der Waals surface area contributed by atoms with E-state index in [2.05, 4.69) is 0 Å². The third-order valence-corrected chi connectivity index (χ3v) is 3.97. The van der Waals surface area contributed by atoms with E-state index in [9.17, 15) is 4.79 Å². The van der Waals surface area contributed by atoms with Gasteiger partial charge in [0.05, 0.1) is 24.6 Å². The highest BCUT2D eigenvalue weighted by Gasteiger charge is 2.21. The molecular formula is C11H9ClO4S. The number of benzene rings is 1. The zero-order chi connectivity index (χ0) is 12.6. The van der Waals surface area contributed by atoms with Gasteiger partial charge in [0.25, 0.3) is 0 Å². The standard InChI is InChI=1S/C11H9ClO4S/c1-15-5-3-4-6-7(9(5)16-2)8(12)10(17-6)11(13)14/h3-4H,1-2H3,(H,13,14). The largest absolute Gasteiger partial charge is 0.493 e. The molecule has 4 nitrogen and oxygen atoms in total. The lowest BCUT2D eigenvalue weighted by molar-refractivity contribution is 0.0702. The summed E-state index contributed by atoms with van der Waals surface area (Å²) in [5.41, 5.74) is 0. The number of fused-ring (bicyclic) bond motifs is 1. The summed E-state index contributed by atoms with van der Waals surface area (Å²) in [6.45, 7) is 0. The van der Waals surface area contributed by atoms with Gasteiger partial charge in [0.15, 0.2) is 11.5 Å². The van der Waals surface area contributed by atoms with Crippen LogP contribution in [0.15, 0.2) is 12.1 Å². The predicted octanol–water partition coefficient (Wildman–Crippen LogP) is 3.27.